The first-order valence-corrected chi connectivity index (χ1v) is 7.60. The molecule has 0 aliphatic carbocycles. The highest BCUT2D eigenvalue weighted by molar-refractivity contribution is 5.81. The van der Waals surface area contributed by atoms with Gasteiger partial charge in [0.05, 0.1) is 0 Å². The number of nitrogens with zero attached hydrogens (tertiary/aromatic N) is 1. The van der Waals surface area contributed by atoms with Crippen LogP contribution in [0, 0.1) is 13.8 Å². The van der Waals surface area contributed by atoms with Crippen LogP contribution in [-0.4, -0.2) is 30.0 Å². The van der Waals surface area contributed by atoms with Gasteiger partial charge in [0.15, 0.2) is 6.10 Å². The maximum Gasteiger partial charge on any atom is 0.263 e. The molecule has 1 fully saturated rings. The second-order valence-corrected chi connectivity index (χ2v) is 5.77. The summed E-state index contributed by atoms with van der Waals surface area (Å²) < 4.78 is 5.86. The van der Waals surface area contributed by atoms with E-state index in [0.29, 0.717) is 0 Å². The Morgan fingerprint density at radius 2 is 1.80 bits per heavy atom. The van der Waals surface area contributed by atoms with Gasteiger partial charge in [-0.15, -0.1) is 0 Å². The molecule has 0 aromatic heterocycles. The molecule has 3 heteroatoms. The highest BCUT2D eigenvalue weighted by Gasteiger charge is 2.23. The van der Waals surface area contributed by atoms with E-state index < -0.39 is 6.10 Å². The van der Waals surface area contributed by atoms with Gasteiger partial charge in [-0.3, -0.25) is 4.79 Å². The molecule has 1 aliphatic rings. The van der Waals surface area contributed by atoms with E-state index in [4.69, 9.17) is 4.74 Å². The van der Waals surface area contributed by atoms with Crippen LogP contribution in [0.2, 0.25) is 0 Å². The third-order valence-corrected chi connectivity index (χ3v) is 3.90. The summed E-state index contributed by atoms with van der Waals surface area (Å²) in [6.45, 7) is 7.68. The van der Waals surface area contributed by atoms with Crippen LogP contribution in [0.3, 0.4) is 0 Å². The maximum absolute atomic E-state index is 12.4. The predicted molar refractivity (Wildman–Crippen MR) is 81.1 cm³/mol. The minimum atomic E-state index is -0.408. The Kier molecular flexibility index (Phi) is 5.05. The lowest BCUT2D eigenvalue weighted by atomic mass is 10.1. The minimum Gasteiger partial charge on any atom is -0.481 e. The molecule has 0 N–H and O–H groups in total. The van der Waals surface area contributed by atoms with E-state index in [-0.39, 0.29) is 5.91 Å². The van der Waals surface area contributed by atoms with Crippen LogP contribution >= 0.6 is 0 Å². The molecule has 3 nitrogen and oxygen atoms in total. The molecule has 0 unspecified atom stereocenters. The van der Waals surface area contributed by atoms with E-state index in [9.17, 15) is 4.79 Å². The number of benzene rings is 1. The monoisotopic (exact) mass is 275 g/mol. The number of hydrogen-bond acceptors (Lipinski definition) is 2. The van der Waals surface area contributed by atoms with E-state index in [1.807, 2.05) is 30.9 Å². The average Bonchev–Trinajstić information content (AvgIpc) is 2.70. The number of hydrogen-bond donors (Lipinski definition) is 0. The topological polar surface area (TPSA) is 29.5 Å². The third kappa shape index (κ3) is 3.75. The zero-order valence-electron chi connectivity index (χ0n) is 12.8. The van der Waals surface area contributed by atoms with Crippen LogP contribution in [0.25, 0.3) is 0 Å². The van der Waals surface area contributed by atoms with Crippen molar-refractivity contribution < 1.29 is 9.53 Å². The minimum absolute atomic E-state index is 0.117. The number of ether oxygens (including phenoxy) is 1. The zero-order valence-corrected chi connectivity index (χ0v) is 12.8. The lowest BCUT2D eigenvalue weighted by Gasteiger charge is -2.25. The van der Waals surface area contributed by atoms with Crippen molar-refractivity contribution in [2.75, 3.05) is 13.1 Å². The third-order valence-electron chi connectivity index (χ3n) is 3.90. The first kappa shape index (κ1) is 14.9. The summed E-state index contributed by atoms with van der Waals surface area (Å²) in [4.78, 5) is 14.4. The van der Waals surface area contributed by atoms with Gasteiger partial charge in [0.25, 0.3) is 5.91 Å². The van der Waals surface area contributed by atoms with Crippen LogP contribution in [0.15, 0.2) is 18.2 Å². The predicted octanol–water partition coefficient (Wildman–Crippen LogP) is 3.47. The highest BCUT2D eigenvalue weighted by Crippen LogP contribution is 2.21. The fourth-order valence-electron chi connectivity index (χ4n) is 2.72. The molecule has 1 amide bonds. The van der Waals surface area contributed by atoms with Crippen molar-refractivity contribution in [3.8, 4) is 5.75 Å². The Morgan fingerprint density at radius 1 is 1.15 bits per heavy atom. The molecule has 0 spiro atoms. The fraction of sp³-hybridized carbons (Fsp3) is 0.588. The van der Waals surface area contributed by atoms with E-state index in [2.05, 4.69) is 13.0 Å². The standard InChI is InChI=1S/C17H25NO2/c1-13-8-9-16(14(2)12-13)20-15(3)17(19)18-10-6-4-5-7-11-18/h8-9,12,15H,4-7,10-11H2,1-3H3/t15-/m1/s1. The van der Waals surface area contributed by atoms with Gasteiger partial charge in [0.1, 0.15) is 5.75 Å². The fourth-order valence-corrected chi connectivity index (χ4v) is 2.72. The second kappa shape index (κ2) is 6.78. The van der Waals surface area contributed by atoms with Crippen LogP contribution in [0.1, 0.15) is 43.7 Å². The van der Waals surface area contributed by atoms with E-state index in [0.717, 1.165) is 37.2 Å². The number of aryl methyl sites for hydroxylation is 2. The molecule has 1 aromatic rings. The van der Waals surface area contributed by atoms with Crippen molar-refractivity contribution >= 4 is 5.91 Å². The Morgan fingerprint density at radius 3 is 2.40 bits per heavy atom. The highest BCUT2D eigenvalue weighted by atomic mass is 16.5. The lowest BCUT2D eigenvalue weighted by molar-refractivity contribution is -0.137. The summed E-state index contributed by atoms with van der Waals surface area (Å²) in [6, 6.07) is 6.06. The Hall–Kier alpha value is -1.51. The van der Waals surface area contributed by atoms with Crippen molar-refractivity contribution in [2.45, 2.75) is 52.6 Å². The second-order valence-electron chi connectivity index (χ2n) is 5.77. The average molecular weight is 275 g/mol. The number of rotatable bonds is 3. The zero-order chi connectivity index (χ0) is 14.5. The summed E-state index contributed by atoms with van der Waals surface area (Å²) in [7, 11) is 0. The molecule has 2 rings (SSSR count). The molecule has 110 valence electrons. The van der Waals surface area contributed by atoms with Gasteiger partial charge in [-0.1, -0.05) is 30.5 Å². The van der Waals surface area contributed by atoms with Gasteiger partial charge in [-0.25, -0.2) is 0 Å². The largest absolute Gasteiger partial charge is 0.481 e. The summed E-state index contributed by atoms with van der Waals surface area (Å²) in [6.07, 6.45) is 4.28. The Labute approximate surface area is 121 Å². The van der Waals surface area contributed by atoms with Gasteiger partial charge in [0, 0.05) is 13.1 Å². The number of amides is 1. The van der Waals surface area contributed by atoms with Crippen molar-refractivity contribution in [2.24, 2.45) is 0 Å². The summed E-state index contributed by atoms with van der Waals surface area (Å²) in [5.41, 5.74) is 2.29. The molecule has 20 heavy (non-hydrogen) atoms. The van der Waals surface area contributed by atoms with Crippen LogP contribution in [0.5, 0.6) is 5.75 Å². The van der Waals surface area contributed by atoms with E-state index >= 15 is 0 Å². The lowest BCUT2D eigenvalue weighted by Crippen LogP contribution is -2.41. The molecule has 1 heterocycles. The quantitative estimate of drug-likeness (QED) is 0.845. The molecular weight excluding hydrogens is 250 g/mol. The summed E-state index contributed by atoms with van der Waals surface area (Å²) in [5.74, 6) is 0.929. The molecule has 0 radical (unpaired) electrons. The number of carbonyl (C=O) groups is 1. The molecular formula is C17H25NO2. The van der Waals surface area contributed by atoms with Gasteiger partial charge >= 0.3 is 0 Å². The van der Waals surface area contributed by atoms with Crippen molar-refractivity contribution in [1.29, 1.82) is 0 Å². The first-order chi connectivity index (χ1) is 9.58. The van der Waals surface area contributed by atoms with Crippen LogP contribution < -0.4 is 4.74 Å². The smallest absolute Gasteiger partial charge is 0.263 e. The number of carbonyl (C=O) groups excluding carboxylic acids is 1. The molecule has 0 saturated carbocycles. The van der Waals surface area contributed by atoms with Gasteiger partial charge < -0.3 is 9.64 Å². The molecule has 1 aliphatic heterocycles. The van der Waals surface area contributed by atoms with Gasteiger partial charge in [0.2, 0.25) is 0 Å². The summed E-state index contributed by atoms with van der Waals surface area (Å²) >= 11 is 0. The van der Waals surface area contributed by atoms with Crippen molar-refractivity contribution in [3.05, 3.63) is 29.3 Å². The van der Waals surface area contributed by atoms with E-state index in [1.54, 1.807) is 0 Å². The maximum atomic E-state index is 12.4. The summed E-state index contributed by atoms with van der Waals surface area (Å²) in [5, 5.41) is 0. The molecule has 0 bridgehead atoms. The van der Waals surface area contributed by atoms with Crippen molar-refractivity contribution in [1.82, 2.24) is 4.90 Å². The normalized spacial score (nSPS) is 17.4. The first-order valence-electron chi connectivity index (χ1n) is 7.60. The molecule has 1 aromatic carbocycles. The molecule has 1 atom stereocenters. The van der Waals surface area contributed by atoms with Crippen molar-refractivity contribution in [3.63, 3.8) is 0 Å². The van der Waals surface area contributed by atoms with Gasteiger partial charge in [-0.05, 0) is 45.2 Å². The Balaban J connectivity index is 1.99. The van der Waals surface area contributed by atoms with Gasteiger partial charge in [-0.2, -0.15) is 0 Å². The number of likely N-dealkylation sites (tertiary alicyclic amines) is 1. The van der Waals surface area contributed by atoms with E-state index in [1.165, 1.54) is 18.4 Å². The molecule has 1 saturated heterocycles. The SMILES string of the molecule is Cc1ccc(O[C@H](C)C(=O)N2CCCCCC2)c(C)c1. The van der Waals surface area contributed by atoms with Crippen LogP contribution in [0.4, 0.5) is 0 Å². The Bertz CT molecular complexity index is 462. The van der Waals surface area contributed by atoms with Crippen LogP contribution in [-0.2, 0) is 4.79 Å².